The molecule has 0 spiro atoms. The molecule has 1 aliphatic rings. The van der Waals surface area contributed by atoms with E-state index in [4.69, 9.17) is 5.11 Å². The van der Waals surface area contributed by atoms with Crippen molar-refractivity contribution < 1.29 is 9.90 Å². The number of rotatable bonds is 5. The molecule has 0 heterocycles. The molecule has 1 aromatic carbocycles. The third kappa shape index (κ3) is 3.95. The van der Waals surface area contributed by atoms with E-state index in [2.05, 4.69) is 6.58 Å². The highest BCUT2D eigenvalue weighted by Gasteiger charge is 2.20. The SMILES string of the molecule is C=CCC1CCC(Cc2ccc(C(=O)O)cc2)CC1. The summed E-state index contributed by atoms with van der Waals surface area (Å²) in [6, 6.07) is 7.33. The Kier molecular flexibility index (Phi) is 4.78. The van der Waals surface area contributed by atoms with Crippen molar-refractivity contribution in [1.82, 2.24) is 0 Å². The number of carboxylic acid groups (broad SMARTS) is 1. The lowest BCUT2D eigenvalue weighted by atomic mass is 9.78. The second kappa shape index (κ2) is 6.55. The minimum atomic E-state index is -0.850. The van der Waals surface area contributed by atoms with E-state index >= 15 is 0 Å². The molecule has 2 nitrogen and oxygen atoms in total. The Hall–Kier alpha value is -1.57. The van der Waals surface area contributed by atoms with Crippen molar-refractivity contribution in [3.8, 4) is 0 Å². The van der Waals surface area contributed by atoms with Crippen molar-refractivity contribution in [3.63, 3.8) is 0 Å². The van der Waals surface area contributed by atoms with Crippen LogP contribution in [-0.4, -0.2) is 11.1 Å². The van der Waals surface area contributed by atoms with Gasteiger partial charge in [0, 0.05) is 0 Å². The van der Waals surface area contributed by atoms with Crippen molar-refractivity contribution >= 4 is 5.97 Å². The molecule has 0 amide bonds. The van der Waals surface area contributed by atoms with E-state index < -0.39 is 5.97 Å². The molecule has 1 aliphatic carbocycles. The van der Waals surface area contributed by atoms with Crippen molar-refractivity contribution in [2.75, 3.05) is 0 Å². The van der Waals surface area contributed by atoms with Gasteiger partial charge < -0.3 is 5.11 Å². The van der Waals surface area contributed by atoms with Crippen LogP contribution in [0.25, 0.3) is 0 Å². The zero-order valence-corrected chi connectivity index (χ0v) is 11.3. The van der Waals surface area contributed by atoms with Crippen molar-refractivity contribution in [1.29, 1.82) is 0 Å². The molecule has 19 heavy (non-hydrogen) atoms. The van der Waals surface area contributed by atoms with Gasteiger partial charge >= 0.3 is 5.97 Å². The van der Waals surface area contributed by atoms with E-state index in [9.17, 15) is 4.79 Å². The highest BCUT2D eigenvalue weighted by atomic mass is 16.4. The number of carboxylic acids is 1. The van der Waals surface area contributed by atoms with Gasteiger partial charge in [-0.25, -0.2) is 4.79 Å². The van der Waals surface area contributed by atoms with Crippen LogP contribution in [0.3, 0.4) is 0 Å². The van der Waals surface area contributed by atoms with Gasteiger partial charge in [0.1, 0.15) is 0 Å². The van der Waals surface area contributed by atoms with Gasteiger partial charge in [0.15, 0.2) is 0 Å². The Morgan fingerprint density at radius 3 is 2.26 bits per heavy atom. The Bertz CT molecular complexity index is 425. The van der Waals surface area contributed by atoms with Gasteiger partial charge in [0.25, 0.3) is 0 Å². The molecule has 0 aliphatic heterocycles. The number of carbonyl (C=O) groups is 1. The van der Waals surface area contributed by atoms with Crippen LogP contribution < -0.4 is 0 Å². The molecular weight excluding hydrogens is 236 g/mol. The summed E-state index contributed by atoms with van der Waals surface area (Å²) in [4.78, 5) is 10.8. The predicted molar refractivity (Wildman–Crippen MR) is 77.4 cm³/mol. The van der Waals surface area contributed by atoms with E-state index in [1.807, 2.05) is 18.2 Å². The van der Waals surface area contributed by atoms with Gasteiger partial charge in [-0.3, -0.25) is 0 Å². The lowest BCUT2D eigenvalue weighted by Gasteiger charge is -2.27. The van der Waals surface area contributed by atoms with Crippen LogP contribution in [0.15, 0.2) is 36.9 Å². The van der Waals surface area contributed by atoms with E-state index in [0.717, 1.165) is 24.7 Å². The quantitative estimate of drug-likeness (QED) is 0.799. The number of benzene rings is 1. The zero-order chi connectivity index (χ0) is 13.7. The first-order valence-electron chi connectivity index (χ1n) is 7.12. The molecule has 1 fully saturated rings. The van der Waals surface area contributed by atoms with Crippen LogP contribution in [0, 0.1) is 11.8 Å². The summed E-state index contributed by atoms with van der Waals surface area (Å²) < 4.78 is 0. The molecule has 0 aromatic heterocycles. The molecular formula is C17H22O2. The minimum absolute atomic E-state index is 0.374. The number of allylic oxidation sites excluding steroid dienone is 1. The van der Waals surface area contributed by atoms with E-state index in [0.29, 0.717) is 5.56 Å². The third-order valence-electron chi connectivity index (χ3n) is 4.19. The van der Waals surface area contributed by atoms with Gasteiger partial charge in [-0.15, -0.1) is 6.58 Å². The monoisotopic (exact) mass is 258 g/mol. The smallest absolute Gasteiger partial charge is 0.335 e. The maximum absolute atomic E-state index is 10.8. The fraction of sp³-hybridized carbons (Fsp3) is 0.471. The van der Waals surface area contributed by atoms with Crippen LogP contribution in [0.1, 0.15) is 48.0 Å². The van der Waals surface area contributed by atoms with Crippen LogP contribution in [0.4, 0.5) is 0 Å². The molecule has 2 heteroatoms. The van der Waals surface area contributed by atoms with Gasteiger partial charge in [-0.2, -0.15) is 0 Å². The first-order chi connectivity index (χ1) is 9.19. The number of aromatic carboxylic acids is 1. The van der Waals surface area contributed by atoms with Crippen molar-refractivity contribution in [2.24, 2.45) is 11.8 Å². The molecule has 0 unspecified atom stereocenters. The Morgan fingerprint density at radius 2 is 1.74 bits per heavy atom. The second-order valence-electron chi connectivity index (χ2n) is 5.62. The summed E-state index contributed by atoms with van der Waals surface area (Å²) in [6.07, 6.45) is 9.47. The molecule has 1 aromatic rings. The maximum atomic E-state index is 10.8. The average Bonchev–Trinajstić information content (AvgIpc) is 2.42. The Morgan fingerprint density at radius 1 is 1.16 bits per heavy atom. The summed E-state index contributed by atoms with van der Waals surface area (Å²) in [5.74, 6) is 0.747. The van der Waals surface area contributed by atoms with Gasteiger partial charge in [-0.1, -0.05) is 18.2 Å². The second-order valence-corrected chi connectivity index (χ2v) is 5.62. The van der Waals surface area contributed by atoms with Crippen molar-refractivity contribution in [3.05, 3.63) is 48.0 Å². The van der Waals surface area contributed by atoms with Crippen LogP contribution in [0.2, 0.25) is 0 Å². The largest absolute Gasteiger partial charge is 0.478 e. The Balaban J connectivity index is 1.85. The molecule has 1 saturated carbocycles. The third-order valence-corrected chi connectivity index (χ3v) is 4.19. The maximum Gasteiger partial charge on any atom is 0.335 e. The predicted octanol–water partition coefficient (Wildman–Crippen LogP) is 4.31. The van der Waals surface area contributed by atoms with Crippen LogP contribution in [0.5, 0.6) is 0 Å². The molecule has 0 atom stereocenters. The molecule has 0 bridgehead atoms. The molecule has 102 valence electrons. The molecule has 2 rings (SSSR count). The van der Waals surface area contributed by atoms with Gasteiger partial charge in [-0.05, 0) is 68.1 Å². The fourth-order valence-electron chi connectivity index (χ4n) is 3.02. The Labute approximate surface area is 115 Å². The topological polar surface area (TPSA) is 37.3 Å². The number of hydrogen-bond donors (Lipinski definition) is 1. The van der Waals surface area contributed by atoms with Gasteiger partial charge in [0.2, 0.25) is 0 Å². The van der Waals surface area contributed by atoms with Crippen LogP contribution >= 0.6 is 0 Å². The lowest BCUT2D eigenvalue weighted by Crippen LogP contribution is -2.16. The zero-order valence-electron chi connectivity index (χ0n) is 11.3. The highest BCUT2D eigenvalue weighted by molar-refractivity contribution is 5.87. The summed E-state index contributed by atoms with van der Waals surface area (Å²) in [5.41, 5.74) is 1.63. The molecule has 1 N–H and O–H groups in total. The van der Waals surface area contributed by atoms with Crippen molar-refractivity contribution in [2.45, 2.75) is 38.5 Å². The first-order valence-corrected chi connectivity index (χ1v) is 7.12. The summed E-state index contributed by atoms with van der Waals surface area (Å²) in [5, 5.41) is 8.87. The fourth-order valence-corrected chi connectivity index (χ4v) is 3.02. The minimum Gasteiger partial charge on any atom is -0.478 e. The summed E-state index contributed by atoms with van der Waals surface area (Å²) in [7, 11) is 0. The van der Waals surface area contributed by atoms with E-state index in [-0.39, 0.29) is 0 Å². The standard InChI is InChI=1S/C17H22O2/c1-2-3-13-4-6-14(7-5-13)12-15-8-10-16(11-9-15)17(18)19/h2,8-11,13-14H,1,3-7,12H2,(H,18,19). The van der Waals surface area contributed by atoms with Crippen LogP contribution in [-0.2, 0) is 6.42 Å². The summed E-state index contributed by atoms with van der Waals surface area (Å²) >= 11 is 0. The summed E-state index contributed by atoms with van der Waals surface area (Å²) in [6.45, 7) is 3.82. The van der Waals surface area contributed by atoms with E-state index in [1.165, 1.54) is 31.2 Å². The normalized spacial score (nSPS) is 22.9. The molecule has 0 saturated heterocycles. The van der Waals surface area contributed by atoms with Gasteiger partial charge in [0.05, 0.1) is 5.56 Å². The number of hydrogen-bond acceptors (Lipinski definition) is 1. The average molecular weight is 258 g/mol. The molecule has 0 radical (unpaired) electrons. The van der Waals surface area contributed by atoms with E-state index in [1.54, 1.807) is 12.1 Å². The highest BCUT2D eigenvalue weighted by Crippen LogP contribution is 2.32. The lowest BCUT2D eigenvalue weighted by molar-refractivity contribution is 0.0697. The first kappa shape index (κ1) is 13.9.